The van der Waals surface area contributed by atoms with E-state index in [0.29, 0.717) is 6.04 Å². The Bertz CT molecular complexity index is 609. The maximum absolute atomic E-state index is 11.6. The summed E-state index contributed by atoms with van der Waals surface area (Å²) < 4.78 is 0. The summed E-state index contributed by atoms with van der Waals surface area (Å²) in [6.07, 6.45) is 4.24. The van der Waals surface area contributed by atoms with Crippen molar-refractivity contribution in [2.45, 2.75) is 59.4 Å². The molecule has 1 amide bonds. The summed E-state index contributed by atoms with van der Waals surface area (Å²) in [6, 6.07) is 6.80. The van der Waals surface area contributed by atoms with Crippen LogP contribution in [0.5, 0.6) is 0 Å². The number of unbranched alkanes of at least 4 members (excludes halogenated alkanes) is 1. The van der Waals surface area contributed by atoms with E-state index in [1.54, 1.807) is 6.92 Å². The highest BCUT2D eigenvalue weighted by atomic mass is 32.1. The van der Waals surface area contributed by atoms with Gasteiger partial charge in [0.25, 0.3) is 0 Å². The maximum Gasteiger partial charge on any atom is 0.219 e. The van der Waals surface area contributed by atoms with E-state index in [1.807, 2.05) is 4.90 Å². The lowest BCUT2D eigenvalue weighted by atomic mass is 10.0. The van der Waals surface area contributed by atoms with Crippen molar-refractivity contribution in [2.24, 2.45) is 0 Å². The van der Waals surface area contributed by atoms with Crippen LogP contribution in [0.25, 0.3) is 0 Å². The Balaban J connectivity index is 2.05. The third kappa shape index (κ3) is 5.43. The van der Waals surface area contributed by atoms with Crippen LogP contribution in [0.2, 0.25) is 0 Å². The number of hydrogen-bond acceptors (Lipinski definition) is 2. The molecule has 1 aromatic rings. The minimum absolute atomic E-state index is 0.175. The smallest absolute Gasteiger partial charge is 0.219 e. The molecule has 0 spiro atoms. The predicted octanol–water partition coefficient (Wildman–Crippen LogP) is 4.11. The van der Waals surface area contributed by atoms with Gasteiger partial charge in [0.05, 0.1) is 0 Å². The minimum Gasteiger partial charge on any atom is -0.346 e. The number of benzene rings is 1. The van der Waals surface area contributed by atoms with Gasteiger partial charge in [-0.3, -0.25) is 4.79 Å². The van der Waals surface area contributed by atoms with Gasteiger partial charge in [-0.2, -0.15) is 0 Å². The molecule has 4 nitrogen and oxygen atoms in total. The molecule has 1 aliphatic heterocycles. The fourth-order valence-corrected chi connectivity index (χ4v) is 3.76. The average molecular weight is 362 g/mol. The summed E-state index contributed by atoms with van der Waals surface area (Å²) in [5.41, 5.74) is 3.55. The molecule has 25 heavy (non-hydrogen) atoms. The normalized spacial score (nSPS) is 15.1. The van der Waals surface area contributed by atoms with Gasteiger partial charge in [0.2, 0.25) is 5.91 Å². The quantitative estimate of drug-likeness (QED) is 0.801. The van der Waals surface area contributed by atoms with E-state index < -0.39 is 0 Å². The molecule has 0 bridgehead atoms. The average Bonchev–Trinajstić information content (AvgIpc) is 2.58. The number of thiocarbonyl (C=S) groups is 1. The summed E-state index contributed by atoms with van der Waals surface area (Å²) in [5.74, 6) is 0.175. The van der Waals surface area contributed by atoms with E-state index in [9.17, 15) is 4.79 Å². The Morgan fingerprint density at radius 3 is 2.56 bits per heavy atom. The van der Waals surface area contributed by atoms with Crippen molar-refractivity contribution in [3.05, 3.63) is 29.3 Å². The summed E-state index contributed by atoms with van der Waals surface area (Å²) in [4.78, 5) is 15.8. The lowest BCUT2D eigenvalue weighted by Crippen LogP contribution is -2.49. The fraction of sp³-hybridized carbons (Fsp3) is 0.600. The molecular weight excluding hydrogens is 330 g/mol. The predicted molar refractivity (Wildman–Crippen MR) is 109 cm³/mol. The Kier molecular flexibility index (Phi) is 7.24. The minimum atomic E-state index is 0.175. The summed E-state index contributed by atoms with van der Waals surface area (Å²) >= 11 is 5.76. The van der Waals surface area contributed by atoms with Crippen LogP contribution < -0.4 is 5.32 Å². The van der Waals surface area contributed by atoms with Crippen LogP contribution in [0, 0.1) is 13.8 Å². The number of nitrogens with one attached hydrogen (secondary N) is 1. The molecule has 1 aliphatic rings. The zero-order chi connectivity index (χ0) is 18.4. The third-order valence-corrected chi connectivity index (χ3v) is 5.32. The Hall–Kier alpha value is -1.62. The SMILES string of the molecule is CCCCN(C(=S)Nc1ccc(C)cc1C)C1CCN(C(C)=O)CC1. The van der Waals surface area contributed by atoms with Crippen molar-refractivity contribution in [1.29, 1.82) is 0 Å². The van der Waals surface area contributed by atoms with Crippen molar-refractivity contribution in [2.75, 3.05) is 25.0 Å². The molecule has 1 fully saturated rings. The van der Waals surface area contributed by atoms with E-state index in [2.05, 4.69) is 49.2 Å². The first-order chi connectivity index (χ1) is 11.9. The number of nitrogens with zero attached hydrogens (tertiary/aromatic N) is 2. The van der Waals surface area contributed by atoms with Crippen molar-refractivity contribution in [3.8, 4) is 0 Å². The summed E-state index contributed by atoms with van der Waals surface area (Å²) in [7, 11) is 0. The molecule has 0 radical (unpaired) electrons. The maximum atomic E-state index is 11.6. The highest BCUT2D eigenvalue weighted by Crippen LogP contribution is 2.21. The van der Waals surface area contributed by atoms with Crippen LogP contribution in [-0.4, -0.2) is 46.5 Å². The van der Waals surface area contributed by atoms with E-state index in [1.165, 1.54) is 11.1 Å². The molecule has 0 unspecified atom stereocenters. The molecule has 1 aromatic carbocycles. The largest absolute Gasteiger partial charge is 0.346 e. The van der Waals surface area contributed by atoms with Crippen LogP contribution in [0.4, 0.5) is 5.69 Å². The summed E-state index contributed by atoms with van der Waals surface area (Å²) in [5, 5.41) is 4.26. The Morgan fingerprint density at radius 1 is 1.32 bits per heavy atom. The van der Waals surface area contributed by atoms with E-state index in [4.69, 9.17) is 12.2 Å². The number of anilines is 1. The van der Waals surface area contributed by atoms with Gasteiger partial charge in [-0.1, -0.05) is 31.0 Å². The van der Waals surface area contributed by atoms with Crippen LogP contribution >= 0.6 is 12.2 Å². The lowest BCUT2D eigenvalue weighted by molar-refractivity contribution is -0.130. The van der Waals surface area contributed by atoms with E-state index in [-0.39, 0.29) is 5.91 Å². The van der Waals surface area contributed by atoms with E-state index >= 15 is 0 Å². The Labute approximate surface area is 157 Å². The fourth-order valence-electron chi connectivity index (χ4n) is 3.41. The number of likely N-dealkylation sites (tertiary alicyclic amines) is 1. The molecule has 0 aliphatic carbocycles. The number of rotatable bonds is 5. The zero-order valence-corrected chi connectivity index (χ0v) is 16.8. The number of hydrogen-bond donors (Lipinski definition) is 1. The van der Waals surface area contributed by atoms with Crippen molar-refractivity contribution < 1.29 is 4.79 Å². The molecule has 0 atom stereocenters. The molecule has 1 N–H and O–H groups in total. The second-order valence-electron chi connectivity index (χ2n) is 7.03. The molecule has 138 valence electrons. The molecule has 1 heterocycles. The first kappa shape index (κ1) is 19.7. The Morgan fingerprint density at radius 2 is 2.00 bits per heavy atom. The van der Waals surface area contributed by atoms with Crippen molar-refractivity contribution >= 4 is 28.9 Å². The highest BCUT2D eigenvalue weighted by Gasteiger charge is 2.27. The zero-order valence-electron chi connectivity index (χ0n) is 16.0. The molecule has 1 saturated heterocycles. The first-order valence-corrected chi connectivity index (χ1v) is 9.73. The van der Waals surface area contributed by atoms with Gasteiger partial charge in [0.15, 0.2) is 5.11 Å². The second-order valence-corrected chi connectivity index (χ2v) is 7.42. The molecule has 2 rings (SSSR count). The topological polar surface area (TPSA) is 35.6 Å². The van der Waals surface area contributed by atoms with Gasteiger partial charge in [-0.05, 0) is 57.0 Å². The van der Waals surface area contributed by atoms with Gasteiger partial charge in [0, 0.05) is 38.3 Å². The number of carbonyl (C=O) groups is 1. The van der Waals surface area contributed by atoms with Crippen LogP contribution in [0.15, 0.2) is 18.2 Å². The van der Waals surface area contributed by atoms with Crippen LogP contribution in [0.1, 0.15) is 50.7 Å². The van der Waals surface area contributed by atoms with E-state index in [0.717, 1.165) is 56.1 Å². The summed E-state index contributed by atoms with van der Waals surface area (Å²) in [6.45, 7) is 10.7. The van der Waals surface area contributed by atoms with Crippen LogP contribution in [-0.2, 0) is 4.79 Å². The van der Waals surface area contributed by atoms with Crippen molar-refractivity contribution in [1.82, 2.24) is 9.80 Å². The number of amides is 1. The molecule has 0 aromatic heterocycles. The van der Waals surface area contributed by atoms with Crippen molar-refractivity contribution in [3.63, 3.8) is 0 Å². The van der Waals surface area contributed by atoms with Gasteiger partial charge in [0.1, 0.15) is 0 Å². The molecule has 0 saturated carbocycles. The van der Waals surface area contributed by atoms with Gasteiger partial charge in [-0.25, -0.2) is 0 Å². The second kappa shape index (κ2) is 9.18. The lowest BCUT2D eigenvalue weighted by Gasteiger charge is -2.39. The van der Waals surface area contributed by atoms with Crippen LogP contribution in [0.3, 0.4) is 0 Å². The number of aryl methyl sites for hydroxylation is 2. The third-order valence-electron chi connectivity index (χ3n) is 4.99. The van der Waals surface area contributed by atoms with Gasteiger partial charge < -0.3 is 15.1 Å². The highest BCUT2D eigenvalue weighted by molar-refractivity contribution is 7.80. The number of piperidine rings is 1. The van der Waals surface area contributed by atoms with Gasteiger partial charge >= 0.3 is 0 Å². The molecular formula is C20H31N3OS. The standard InChI is InChI=1S/C20H31N3OS/c1-5-6-11-23(18-9-12-22(13-10-18)17(4)24)20(25)21-19-8-7-15(2)14-16(19)3/h7-8,14,18H,5-6,9-13H2,1-4H3,(H,21,25). The number of carbonyl (C=O) groups excluding carboxylic acids is 1. The van der Waals surface area contributed by atoms with Gasteiger partial charge in [-0.15, -0.1) is 0 Å². The molecule has 5 heteroatoms. The monoisotopic (exact) mass is 361 g/mol. The first-order valence-electron chi connectivity index (χ1n) is 9.32.